The standard InChI is InChI=1S/C21H17N3O5/c1-12-10-19(24-29-12)23-20(25)13(2)28-21(26)15-11-17(18-8-5-9-27-18)22-16-7-4-3-6-14(15)16/h3-11,13H,1-2H3,(H,23,24,25)/t13-/m0/s1. The van der Waals surface area contributed by atoms with E-state index in [0.29, 0.717) is 33.7 Å². The second-order valence-electron chi connectivity index (χ2n) is 6.41. The van der Waals surface area contributed by atoms with Crippen molar-refractivity contribution in [3.05, 3.63) is 66.1 Å². The molecule has 1 aromatic carbocycles. The Morgan fingerprint density at radius 1 is 1.14 bits per heavy atom. The fraction of sp³-hybridized carbons (Fsp3) is 0.143. The normalized spacial score (nSPS) is 11.9. The zero-order valence-electron chi connectivity index (χ0n) is 15.7. The van der Waals surface area contributed by atoms with Gasteiger partial charge in [0.25, 0.3) is 5.91 Å². The molecule has 0 saturated carbocycles. The number of carbonyl (C=O) groups is 2. The first-order chi connectivity index (χ1) is 14.0. The number of para-hydroxylation sites is 1. The van der Waals surface area contributed by atoms with E-state index in [-0.39, 0.29) is 5.82 Å². The number of ether oxygens (including phenoxy) is 1. The number of aromatic nitrogens is 2. The second kappa shape index (κ2) is 7.59. The Morgan fingerprint density at radius 2 is 1.97 bits per heavy atom. The third-order valence-electron chi connectivity index (χ3n) is 4.24. The number of hydrogen-bond acceptors (Lipinski definition) is 7. The quantitative estimate of drug-likeness (QED) is 0.513. The molecule has 0 unspecified atom stereocenters. The van der Waals surface area contributed by atoms with Crippen LogP contribution in [0.5, 0.6) is 0 Å². The zero-order chi connectivity index (χ0) is 20.4. The van der Waals surface area contributed by atoms with Crippen LogP contribution in [0, 0.1) is 6.92 Å². The molecule has 8 nitrogen and oxygen atoms in total. The fourth-order valence-electron chi connectivity index (χ4n) is 2.83. The average molecular weight is 391 g/mol. The van der Waals surface area contributed by atoms with Gasteiger partial charge in [-0.3, -0.25) is 4.79 Å². The molecule has 0 fully saturated rings. The number of pyridine rings is 1. The summed E-state index contributed by atoms with van der Waals surface area (Å²) in [4.78, 5) is 29.7. The highest BCUT2D eigenvalue weighted by Gasteiger charge is 2.22. The Labute approximate surface area is 165 Å². The van der Waals surface area contributed by atoms with Gasteiger partial charge < -0.3 is 19.0 Å². The van der Waals surface area contributed by atoms with E-state index in [1.54, 1.807) is 49.4 Å². The Balaban J connectivity index is 1.59. The summed E-state index contributed by atoms with van der Waals surface area (Å²) in [6, 6.07) is 13.8. The molecule has 4 aromatic rings. The number of nitrogens with zero attached hydrogens (tertiary/aromatic N) is 2. The highest BCUT2D eigenvalue weighted by molar-refractivity contribution is 6.05. The minimum absolute atomic E-state index is 0.255. The SMILES string of the molecule is Cc1cc(NC(=O)[C@H](C)OC(=O)c2cc(-c3ccco3)nc3ccccc23)no1. The topological polar surface area (TPSA) is 107 Å². The van der Waals surface area contributed by atoms with Crippen molar-refractivity contribution < 1.29 is 23.3 Å². The number of rotatable bonds is 5. The number of hydrogen-bond donors (Lipinski definition) is 1. The molecule has 3 aromatic heterocycles. The summed E-state index contributed by atoms with van der Waals surface area (Å²) in [6.45, 7) is 3.19. The molecule has 8 heteroatoms. The molecule has 29 heavy (non-hydrogen) atoms. The van der Waals surface area contributed by atoms with E-state index in [2.05, 4.69) is 15.5 Å². The minimum Gasteiger partial charge on any atom is -0.463 e. The lowest BCUT2D eigenvalue weighted by atomic mass is 10.1. The number of anilines is 1. The number of nitrogens with one attached hydrogen (secondary N) is 1. The molecule has 146 valence electrons. The molecule has 1 atom stereocenters. The van der Waals surface area contributed by atoms with Crippen LogP contribution in [0.15, 0.2) is 63.7 Å². The van der Waals surface area contributed by atoms with Crippen LogP contribution in [0.4, 0.5) is 5.82 Å². The number of benzene rings is 1. The van der Waals surface area contributed by atoms with Crippen LogP contribution in [0.2, 0.25) is 0 Å². The Kier molecular flexibility index (Phi) is 4.82. The lowest BCUT2D eigenvalue weighted by molar-refractivity contribution is -0.123. The molecular formula is C21H17N3O5. The molecule has 0 bridgehead atoms. The van der Waals surface area contributed by atoms with Crippen molar-refractivity contribution >= 4 is 28.6 Å². The van der Waals surface area contributed by atoms with Gasteiger partial charge in [-0.25, -0.2) is 9.78 Å². The summed E-state index contributed by atoms with van der Waals surface area (Å²) in [5.74, 6) is 0.173. The maximum absolute atomic E-state index is 12.9. The van der Waals surface area contributed by atoms with Crippen molar-refractivity contribution in [2.45, 2.75) is 20.0 Å². The van der Waals surface area contributed by atoms with Crippen LogP contribution >= 0.6 is 0 Å². The van der Waals surface area contributed by atoms with Gasteiger partial charge in [-0.15, -0.1) is 0 Å². The first-order valence-corrected chi connectivity index (χ1v) is 8.90. The van der Waals surface area contributed by atoms with Gasteiger partial charge >= 0.3 is 5.97 Å². The molecular weight excluding hydrogens is 374 g/mol. The van der Waals surface area contributed by atoms with Gasteiger partial charge in [-0.1, -0.05) is 23.4 Å². The number of carbonyl (C=O) groups excluding carboxylic acids is 2. The monoisotopic (exact) mass is 391 g/mol. The predicted octanol–water partition coefficient (Wildman–Crippen LogP) is 3.98. The van der Waals surface area contributed by atoms with E-state index in [1.807, 2.05) is 6.07 Å². The van der Waals surface area contributed by atoms with Crippen LogP contribution in [0.3, 0.4) is 0 Å². The van der Waals surface area contributed by atoms with Crippen molar-refractivity contribution in [1.29, 1.82) is 0 Å². The Hall–Kier alpha value is -3.94. The minimum atomic E-state index is -1.04. The van der Waals surface area contributed by atoms with Gasteiger partial charge in [0.05, 0.1) is 17.3 Å². The summed E-state index contributed by atoms with van der Waals surface area (Å²) in [6.07, 6.45) is 0.487. The van der Waals surface area contributed by atoms with Gasteiger partial charge in [0, 0.05) is 11.5 Å². The van der Waals surface area contributed by atoms with E-state index < -0.39 is 18.0 Å². The van der Waals surface area contributed by atoms with Crippen LogP contribution in [0.1, 0.15) is 23.0 Å². The molecule has 0 aliphatic carbocycles. The zero-order valence-corrected chi connectivity index (χ0v) is 15.7. The number of amides is 1. The summed E-state index contributed by atoms with van der Waals surface area (Å²) in [5, 5.41) is 6.85. The highest BCUT2D eigenvalue weighted by Crippen LogP contribution is 2.26. The highest BCUT2D eigenvalue weighted by atomic mass is 16.5. The smallest absolute Gasteiger partial charge is 0.339 e. The molecule has 4 rings (SSSR count). The van der Waals surface area contributed by atoms with Crippen molar-refractivity contribution in [1.82, 2.24) is 10.1 Å². The molecule has 0 aliphatic rings. The third-order valence-corrected chi connectivity index (χ3v) is 4.24. The lowest BCUT2D eigenvalue weighted by Crippen LogP contribution is -2.30. The molecule has 0 aliphatic heterocycles. The van der Waals surface area contributed by atoms with E-state index in [1.165, 1.54) is 13.2 Å². The van der Waals surface area contributed by atoms with Gasteiger partial charge in [0.2, 0.25) is 0 Å². The third kappa shape index (κ3) is 3.86. The van der Waals surface area contributed by atoms with Crippen molar-refractivity contribution in [2.24, 2.45) is 0 Å². The number of fused-ring (bicyclic) bond motifs is 1. The number of aryl methyl sites for hydroxylation is 1. The fourth-order valence-corrected chi connectivity index (χ4v) is 2.83. The van der Waals surface area contributed by atoms with Gasteiger partial charge in [-0.2, -0.15) is 0 Å². The van der Waals surface area contributed by atoms with Crippen molar-refractivity contribution in [2.75, 3.05) is 5.32 Å². The van der Waals surface area contributed by atoms with E-state index in [0.717, 1.165) is 0 Å². The Morgan fingerprint density at radius 3 is 2.69 bits per heavy atom. The van der Waals surface area contributed by atoms with E-state index >= 15 is 0 Å². The van der Waals surface area contributed by atoms with E-state index in [9.17, 15) is 9.59 Å². The van der Waals surface area contributed by atoms with Crippen molar-refractivity contribution in [3.63, 3.8) is 0 Å². The summed E-state index contributed by atoms with van der Waals surface area (Å²) >= 11 is 0. The average Bonchev–Trinajstić information content (AvgIpc) is 3.39. The largest absolute Gasteiger partial charge is 0.463 e. The summed E-state index contributed by atoms with van der Waals surface area (Å²) < 4.78 is 15.7. The molecule has 1 amide bonds. The lowest BCUT2D eigenvalue weighted by Gasteiger charge is -2.14. The molecule has 3 heterocycles. The first-order valence-electron chi connectivity index (χ1n) is 8.90. The van der Waals surface area contributed by atoms with Crippen LogP contribution in [-0.2, 0) is 9.53 Å². The van der Waals surface area contributed by atoms with Crippen LogP contribution in [-0.4, -0.2) is 28.1 Å². The molecule has 0 saturated heterocycles. The second-order valence-corrected chi connectivity index (χ2v) is 6.41. The van der Waals surface area contributed by atoms with Gasteiger partial charge in [0.15, 0.2) is 17.7 Å². The van der Waals surface area contributed by atoms with E-state index in [4.69, 9.17) is 13.7 Å². The van der Waals surface area contributed by atoms with Crippen LogP contribution in [0.25, 0.3) is 22.4 Å². The first kappa shape index (κ1) is 18.4. The maximum Gasteiger partial charge on any atom is 0.339 e. The van der Waals surface area contributed by atoms with Gasteiger partial charge in [-0.05, 0) is 38.1 Å². The molecule has 0 radical (unpaired) electrons. The Bertz CT molecular complexity index is 1180. The maximum atomic E-state index is 12.9. The molecule has 0 spiro atoms. The van der Waals surface area contributed by atoms with Crippen molar-refractivity contribution in [3.8, 4) is 11.5 Å². The summed E-state index contributed by atoms with van der Waals surface area (Å²) in [5.41, 5.74) is 1.40. The number of esters is 1. The summed E-state index contributed by atoms with van der Waals surface area (Å²) in [7, 11) is 0. The molecule has 1 N–H and O–H groups in total. The predicted molar refractivity (Wildman–Crippen MR) is 104 cm³/mol. The van der Waals surface area contributed by atoms with Gasteiger partial charge in [0.1, 0.15) is 11.5 Å². The van der Waals surface area contributed by atoms with Crippen LogP contribution < -0.4 is 5.32 Å². The number of furan rings is 1.